The third-order valence-electron chi connectivity index (χ3n) is 13.7. The molecule has 3 aliphatic carbocycles. The molecule has 0 spiro atoms. The Kier molecular flexibility index (Phi) is 25.5. The third kappa shape index (κ3) is 19.6. The Morgan fingerprint density at radius 3 is 1.21 bits per heavy atom. The number of alkyl halides is 1. The monoisotopic (exact) mass is 1140 g/mol. The third-order valence-corrected chi connectivity index (χ3v) is 14.6. The fourth-order valence-corrected chi connectivity index (χ4v) is 11.8. The summed E-state index contributed by atoms with van der Waals surface area (Å²) < 4.78 is 31.5. The number of carbonyl (C=O) groups excluding carboxylic acids is 2. The van der Waals surface area contributed by atoms with Crippen molar-refractivity contribution in [3.05, 3.63) is 0 Å². The van der Waals surface area contributed by atoms with Crippen molar-refractivity contribution in [1.29, 1.82) is 0 Å². The molecule has 13 nitrogen and oxygen atoms in total. The number of carbonyl (C=O) groups is 3. The molecule has 6 aliphatic heterocycles. The second-order valence-corrected chi connectivity index (χ2v) is 22.4. The zero-order chi connectivity index (χ0) is 45.5. The zero-order valence-electron chi connectivity index (χ0n) is 39.0. The van der Waals surface area contributed by atoms with Gasteiger partial charge in [0.25, 0.3) is 6.47 Å². The Balaban J connectivity index is 0.000000226. The van der Waals surface area contributed by atoms with Crippen molar-refractivity contribution in [2.75, 3.05) is 0 Å². The van der Waals surface area contributed by atoms with Gasteiger partial charge in [-0.05, 0) is 157 Å². The van der Waals surface area contributed by atoms with Crippen LogP contribution in [0, 0.1) is 0 Å². The summed E-state index contributed by atoms with van der Waals surface area (Å²) in [5, 5.41) is 20.2. The number of nitrogens with zero attached hydrogens (tertiary/aromatic N) is 2. The van der Waals surface area contributed by atoms with Gasteiger partial charge < -0.3 is 44.3 Å². The molecule has 2 amide bonds. The average Bonchev–Trinajstić information content (AvgIpc) is 4.07. The van der Waals surface area contributed by atoms with Gasteiger partial charge in [0.05, 0.1) is 30.5 Å². The summed E-state index contributed by atoms with van der Waals surface area (Å²) >= 11 is 5.24. The number of aliphatic hydroxyl groups is 1. The SMILES string of the molecule is BrC1CCCC1.C1CCC(OC2C[C@H]3CC[C@@H](C2)N3)C1.CC(C)(C)OC(=O)N1[C@@H]2CC[C@H]1CC(O)C2.CC(C)(C)OC(=O)N1[C@@H]2CC[C@H]1CC(OC1CCCC1)C2.O=CO.[Ag].[O]=[Ag]. The molecule has 9 atom stereocenters. The molecule has 1 radical (unpaired) electrons. The number of rotatable bonds is 4. The molecule has 9 aliphatic rings. The Morgan fingerprint density at radius 1 is 0.571 bits per heavy atom. The van der Waals surface area contributed by atoms with Gasteiger partial charge in [0.1, 0.15) is 11.2 Å². The van der Waals surface area contributed by atoms with Crippen molar-refractivity contribution >= 4 is 34.6 Å². The van der Waals surface area contributed by atoms with Crippen LogP contribution in [0.25, 0.3) is 0 Å². The molecule has 0 aromatic rings. The second-order valence-electron chi connectivity index (χ2n) is 21.1. The molecular weight excluding hydrogens is 1060 g/mol. The normalized spacial score (nSPS) is 32.1. The Hall–Kier alpha value is -0.389. The predicted octanol–water partition coefficient (Wildman–Crippen LogP) is 9.91. The zero-order valence-corrected chi connectivity index (χ0v) is 43.6. The quantitative estimate of drug-likeness (QED) is 0.140. The van der Waals surface area contributed by atoms with Crippen LogP contribution >= 0.6 is 15.9 Å². The fourth-order valence-electron chi connectivity index (χ4n) is 11.2. The van der Waals surface area contributed by atoms with Gasteiger partial charge in [-0.1, -0.05) is 54.5 Å². The van der Waals surface area contributed by atoms with Gasteiger partial charge in [-0.25, -0.2) is 9.59 Å². The second kappa shape index (κ2) is 28.2. The van der Waals surface area contributed by atoms with Crippen LogP contribution in [-0.2, 0) is 70.4 Å². The van der Waals surface area contributed by atoms with E-state index in [4.69, 9.17) is 32.1 Å². The molecule has 6 heterocycles. The summed E-state index contributed by atoms with van der Waals surface area (Å²) in [7, 11) is 0. The molecule has 16 heteroatoms. The van der Waals surface area contributed by atoms with Gasteiger partial charge in [0, 0.05) is 63.5 Å². The van der Waals surface area contributed by atoms with Crippen LogP contribution < -0.4 is 5.32 Å². The number of fused-ring (bicyclic) bond motifs is 6. The summed E-state index contributed by atoms with van der Waals surface area (Å²) in [5.74, 6) is 0. The Bertz CT molecular complexity index is 1300. The summed E-state index contributed by atoms with van der Waals surface area (Å²) in [6, 6.07) is 2.57. The van der Waals surface area contributed by atoms with Crippen LogP contribution in [0.3, 0.4) is 0 Å². The van der Waals surface area contributed by atoms with Crippen molar-refractivity contribution < 1.29 is 90.2 Å². The average molecular weight is 1140 g/mol. The minimum absolute atomic E-state index is 0. The number of hydrogen-bond donors (Lipinski definition) is 3. The maximum atomic E-state index is 12.4. The van der Waals surface area contributed by atoms with Crippen LogP contribution in [0.1, 0.15) is 196 Å². The number of hydrogen-bond acceptors (Lipinski definition) is 10. The molecule has 63 heavy (non-hydrogen) atoms. The first-order valence-corrected chi connectivity index (χ1v) is 25.6. The molecule has 0 aromatic heterocycles. The maximum absolute atomic E-state index is 12.4. The van der Waals surface area contributed by atoms with Gasteiger partial charge in [0.15, 0.2) is 0 Å². The first-order chi connectivity index (χ1) is 29.5. The minimum atomic E-state index is -0.438. The van der Waals surface area contributed by atoms with Gasteiger partial charge in [-0.2, -0.15) is 0 Å². The first kappa shape index (κ1) is 56.9. The fraction of sp³-hybridized carbons (Fsp3) is 0.936. The molecular formula is C47H82Ag2BrN3O10. The van der Waals surface area contributed by atoms with E-state index in [9.17, 15) is 14.7 Å². The summed E-state index contributed by atoms with van der Waals surface area (Å²) in [6.07, 6.45) is 30.5. The van der Waals surface area contributed by atoms with E-state index in [1.54, 1.807) is 21.0 Å². The van der Waals surface area contributed by atoms with E-state index in [-0.39, 0.29) is 59.2 Å². The molecule has 9 rings (SSSR count). The van der Waals surface area contributed by atoms with E-state index < -0.39 is 11.2 Å². The van der Waals surface area contributed by atoms with Gasteiger partial charge in [-0.15, -0.1) is 0 Å². The number of nitrogens with one attached hydrogen (secondary N) is 1. The molecule has 374 valence electrons. The van der Waals surface area contributed by atoms with Crippen molar-refractivity contribution in [3.8, 4) is 0 Å². The molecule has 0 aromatic carbocycles. The van der Waals surface area contributed by atoms with E-state index >= 15 is 0 Å². The topological polar surface area (TPSA) is 164 Å². The van der Waals surface area contributed by atoms with Crippen molar-refractivity contribution in [2.24, 2.45) is 0 Å². The number of halogens is 1. The van der Waals surface area contributed by atoms with Gasteiger partial charge in [-0.3, -0.25) is 4.79 Å². The van der Waals surface area contributed by atoms with Crippen molar-refractivity contribution in [1.82, 2.24) is 15.1 Å². The first-order valence-electron chi connectivity index (χ1n) is 24.1. The molecule has 9 fully saturated rings. The molecule has 3 saturated carbocycles. The molecule has 3 N–H and O–H groups in total. The number of carboxylic acid groups (broad SMARTS) is 1. The summed E-state index contributed by atoms with van der Waals surface area (Å²) in [5.41, 5.74) is -0.847. The van der Waals surface area contributed by atoms with Gasteiger partial charge >= 0.3 is 36.5 Å². The molecule has 6 saturated heterocycles. The van der Waals surface area contributed by atoms with Crippen LogP contribution in [0.5, 0.6) is 0 Å². The van der Waals surface area contributed by atoms with Crippen LogP contribution in [0.2, 0.25) is 0 Å². The van der Waals surface area contributed by atoms with E-state index in [1.165, 1.54) is 103 Å². The van der Waals surface area contributed by atoms with E-state index in [2.05, 4.69) is 21.2 Å². The molecule has 3 unspecified atom stereocenters. The van der Waals surface area contributed by atoms with Crippen LogP contribution in [0.15, 0.2) is 0 Å². The van der Waals surface area contributed by atoms with E-state index in [1.807, 2.05) is 51.3 Å². The van der Waals surface area contributed by atoms with E-state index in [0.717, 1.165) is 55.4 Å². The standard InChI is InChI=1S/C17H29NO3.C12H21NO3.C12H21NO.C5H9Br.CH2O2.2Ag.O/c1-17(2,3)21-16(19)18-12-8-9-13(18)11-15(10-12)20-14-6-4-5-7-14;1-12(2,3)16-11(15)13-8-4-5-9(13)7-10(14)6-8;1-2-4-11(3-1)14-12-7-9-5-6-10(8-12)13-9;6-5-3-1-2-4-5;2-1-3;;;/h12-15H,4-11H2,1-3H3;8-10,14H,4-7H2,1-3H3;9-13H,1-8H2;5H,1-4H2;1H,(H,2,3);;;/t12-,13+,15?;8-,9+,10?;9-,10+,12?;;;;;. The van der Waals surface area contributed by atoms with E-state index in [0.29, 0.717) is 49.3 Å². The summed E-state index contributed by atoms with van der Waals surface area (Å²) in [6.45, 7) is 11.2. The molecule has 6 bridgehead atoms. The van der Waals surface area contributed by atoms with Crippen LogP contribution in [-0.4, -0.2) is 121 Å². The summed E-state index contributed by atoms with van der Waals surface area (Å²) in [4.78, 5) is 37.5. The van der Waals surface area contributed by atoms with Crippen LogP contribution in [0.4, 0.5) is 9.59 Å². The Labute approximate surface area is 415 Å². The Morgan fingerprint density at radius 2 is 0.889 bits per heavy atom. The number of amides is 2. The van der Waals surface area contributed by atoms with Gasteiger partial charge in [0.2, 0.25) is 0 Å². The van der Waals surface area contributed by atoms with Crippen molar-refractivity contribution in [3.63, 3.8) is 0 Å². The number of aliphatic hydroxyl groups excluding tert-OH is 1. The van der Waals surface area contributed by atoms with Crippen molar-refractivity contribution in [2.45, 2.75) is 278 Å². The predicted molar refractivity (Wildman–Crippen MR) is 238 cm³/mol. The number of ether oxygens (including phenoxy) is 4. The number of piperidine rings is 3.